The van der Waals surface area contributed by atoms with Crippen LogP contribution < -0.4 is 11.1 Å². The second-order valence-electron chi connectivity index (χ2n) is 5.70. The molecule has 1 saturated heterocycles. The third kappa shape index (κ3) is 5.50. The lowest BCUT2D eigenvalue weighted by Crippen LogP contribution is -2.49. The van der Waals surface area contributed by atoms with Crippen LogP contribution in [0, 0.1) is 11.8 Å². The van der Waals surface area contributed by atoms with Gasteiger partial charge in [0.1, 0.15) is 0 Å². The fraction of sp³-hybridized carbons (Fsp3) is 0.923. The van der Waals surface area contributed by atoms with Crippen LogP contribution in [0.1, 0.15) is 33.6 Å². The van der Waals surface area contributed by atoms with E-state index in [4.69, 9.17) is 5.73 Å². The van der Waals surface area contributed by atoms with Gasteiger partial charge in [-0.15, -0.1) is 0 Å². The first-order chi connectivity index (χ1) is 7.99. The first-order valence-electron chi connectivity index (χ1n) is 6.73. The van der Waals surface area contributed by atoms with Gasteiger partial charge in [0.05, 0.1) is 6.54 Å². The van der Waals surface area contributed by atoms with E-state index in [0.29, 0.717) is 24.4 Å². The maximum absolute atomic E-state index is 11.7. The molecule has 1 aliphatic rings. The van der Waals surface area contributed by atoms with E-state index in [1.807, 2.05) is 0 Å². The van der Waals surface area contributed by atoms with Crippen molar-refractivity contribution in [2.75, 3.05) is 26.2 Å². The minimum Gasteiger partial charge on any atom is -0.355 e. The van der Waals surface area contributed by atoms with Crippen molar-refractivity contribution in [3.8, 4) is 0 Å². The van der Waals surface area contributed by atoms with Gasteiger partial charge in [-0.2, -0.15) is 0 Å². The first-order valence-corrected chi connectivity index (χ1v) is 6.73. The van der Waals surface area contributed by atoms with Crippen LogP contribution >= 0.6 is 0 Å². The van der Waals surface area contributed by atoms with E-state index < -0.39 is 0 Å². The number of amides is 1. The molecule has 0 aliphatic carbocycles. The highest BCUT2D eigenvalue weighted by Crippen LogP contribution is 2.14. The van der Waals surface area contributed by atoms with Crippen LogP contribution in [0.15, 0.2) is 0 Å². The number of nitrogens with zero attached hydrogens (tertiary/aromatic N) is 1. The normalized spacial score (nSPS) is 26.2. The second kappa shape index (κ2) is 6.97. The summed E-state index contributed by atoms with van der Waals surface area (Å²) in [6.07, 6.45) is 2.05. The molecule has 1 amide bonds. The molecule has 4 heteroatoms. The highest BCUT2D eigenvalue weighted by molar-refractivity contribution is 5.77. The summed E-state index contributed by atoms with van der Waals surface area (Å²) in [6.45, 7) is 9.70. The molecule has 0 aromatic carbocycles. The van der Waals surface area contributed by atoms with Crippen LogP contribution in [0.25, 0.3) is 0 Å². The lowest BCUT2D eigenvalue weighted by atomic mass is 9.95. The van der Waals surface area contributed by atoms with Gasteiger partial charge in [-0.1, -0.05) is 20.8 Å². The maximum Gasteiger partial charge on any atom is 0.234 e. The number of carbonyl (C=O) groups is 1. The van der Waals surface area contributed by atoms with Crippen LogP contribution in [0.2, 0.25) is 0 Å². The summed E-state index contributed by atoms with van der Waals surface area (Å²) in [7, 11) is 0. The fourth-order valence-electron chi connectivity index (χ4n) is 2.15. The van der Waals surface area contributed by atoms with Crippen molar-refractivity contribution < 1.29 is 4.79 Å². The fourth-order valence-corrected chi connectivity index (χ4v) is 2.15. The predicted molar refractivity (Wildman–Crippen MR) is 70.7 cm³/mol. The minimum atomic E-state index is 0.147. The molecule has 0 radical (unpaired) electrons. The number of likely N-dealkylation sites (tertiary alicyclic amines) is 1. The quantitative estimate of drug-likeness (QED) is 0.749. The lowest BCUT2D eigenvalue weighted by molar-refractivity contribution is -0.122. The topological polar surface area (TPSA) is 58.4 Å². The van der Waals surface area contributed by atoms with E-state index >= 15 is 0 Å². The zero-order chi connectivity index (χ0) is 12.8. The van der Waals surface area contributed by atoms with Crippen LogP contribution in [0.3, 0.4) is 0 Å². The molecular formula is C13H27N3O. The molecule has 4 nitrogen and oxygen atoms in total. The summed E-state index contributed by atoms with van der Waals surface area (Å²) in [5.41, 5.74) is 5.96. The minimum absolute atomic E-state index is 0.147. The van der Waals surface area contributed by atoms with E-state index in [9.17, 15) is 4.79 Å². The molecule has 1 aliphatic heterocycles. The highest BCUT2D eigenvalue weighted by Gasteiger charge is 2.24. The molecule has 0 aromatic heterocycles. The largest absolute Gasteiger partial charge is 0.355 e. The van der Waals surface area contributed by atoms with Gasteiger partial charge in [0.15, 0.2) is 0 Å². The Labute approximate surface area is 105 Å². The van der Waals surface area contributed by atoms with E-state index in [0.717, 1.165) is 32.5 Å². The molecular weight excluding hydrogens is 214 g/mol. The molecule has 1 fully saturated rings. The highest BCUT2D eigenvalue weighted by atomic mass is 16.2. The molecule has 3 N–H and O–H groups in total. The second-order valence-corrected chi connectivity index (χ2v) is 5.70. The van der Waals surface area contributed by atoms with Crippen molar-refractivity contribution >= 4 is 5.91 Å². The Morgan fingerprint density at radius 1 is 1.53 bits per heavy atom. The van der Waals surface area contributed by atoms with Crippen molar-refractivity contribution in [2.45, 2.75) is 39.7 Å². The number of hydrogen-bond acceptors (Lipinski definition) is 3. The SMILES string of the molecule is CC(C)CCNC(=O)CN1CCC(N)C(C)C1. The van der Waals surface area contributed by atoms with Gasteiger partial charge in [-0.25, -0.2) is 0 Å². The van der Waals surface area contributed by atoms with Crippen molar-refractivity contribution in [3.05, 3.63) is 0 Å². The number of hydrogen-bond donors (Lipinski definition) is 2. The first kappa shape index (κ1) is 14.5. The van der Waals surface area contributed by atoms with Crippen molar-refractivity contribution in [2.24, 2.45) is 17.6 Å². The van der Waals surface area contributed by atoms with Crippen LogP contribution in [0.5, 0.6) is 0 Å². The molecule has 2 atom stereocenters. The smallest absolute Gasteiger partial charge is 0.234 e. The molecule has 2 unspecified atom stereocenters. The average Bonchev–Trinajstić information content (AvgIpc) is 2.23. The van der Waals surface area contributed by atoms with E-state index in [1.165, 1.54) is 0 Å². The predicted octanol–water partition coefficient (Wildman–Crippen LogP) is 0.818. The number of carbonyl (C=O) groups excluding carboxylic acids is 1. The monoisotopic (exact) mass is 241 g/mol. The Morgan fingerprint density at radius 2 is 2.24 bits per heavy atom. The molecule has 0 saturated carbocycles. The van der Waals surface area contributed by atoms with Gasteiger partial charge >= 0.3 is 0 Å². The van der Waals surface area contributed by atoms with Gasteiger partial charge in [-0.3, -0.25) is 9.69 Å². The van der Waals surface area contributed by atoms with Gasteiger partial charge < -0.3 is 11.1 Å². The molecule has 0 aromatic rings. The Hall–Kier alpha value is -0.610. The van der Waals surface area contributed by atoms with Gasteiger partial charge in [0.2, 0.25) is 5.91 Å². The van der Waals surface area contributed by atoms with E-state index in [2.05, 4.69) is 31.0 Å². The summed E-state index contributed by atoms with van der Waals surface area (Å²) >= 11 is 0. The van der Waals surface area contributed by atoms with Crippen molar-refractivity contribution in [1.82, 2.24) is 10.2 Å². The summed E-state index contributed by atoms with van der Waals surface area (Å²) in [6, 6.07) is 0.301. The third-order valence-corrected chi connectivity index (χ3v) is 3.47. The summed E-state index contributed by atoms with van der Waals surface area (Å²) < 4.78 is 0. The summed E-state index contributed by atoms with van der Waals surface area (Å²) in [5.74, 6) is 1.28. The maximum atomic E-state index is 11.7. The van der Waals surface area contributed by atoms with Crippen molar-refractivity contribution in [3.63, 3.8) is 0 Å². The zero-order valence-electron chi connectivity index (χ0n) is 11.4. The number of piperidine rings is 1. The van der Waals surface area contributed by atoms with E-state index in [-0.39, 0.29) is 5.91 Å². The van der Waals surface area contributed by atoms with Gasteiger partial charge in [0.25, 0.3) is 0 Å². The molecule has 0 spiro atoms. The Bertz CT molecular complexity index is 243. The Balaban J connectivity index is 2.18. The van der Waals surface area contributed by atoms with E-state index in [1.54, 1.807) is 0 Å². The number of nitrogens with two attached hydrogens (primary N) is 1. The molecule has 0 bridgehead atoms. The van der Waals surface area contributed by atoms with Gasteiger partial charge in [0, 0.05) is 25.7 Å². The molecule has 1 heterocycles. The summed E-state index contributed by atoms with van der Waals surface area (Å²) in [5, 5.41) is 2.98. The Kier molecular flexibility index (Phi) is 5.92. The lowest BCUT2D eigenvalue weighted by Gasteiger charge is -2.34. The average molecular weight is 241 g/mol. The number of rotatable bonds is 5. The van der Waals surface area contributed by atoms with Crippen molar-refractivity contribution in [1.29, 1.82) is 0 Å². The summed E-state index contributed by atoms with van der Waals surface area (Å²) in [4.78, 5) is 13.9. The Morgan fingerprint density at radius 3 is 2.82 bits per heavy atom. The van der Waals surface area contributed by atoms with Crippen LogP contribution in [-0.2, 0) is 4.79 Å². The molecule has 1 rings (SSSR count). The molecule has 17 heavy (non-hydrogen) atoms. The third-order valence-electron chi connectivity index (χ3n) is 3.47. The number of nitrogens with one attached hydrogen (secondary N) is 1. The van der Waals surface area contributed by atoms with Gasteiger partial charge in [-0.05, 0) is 24.7 Å². The van der Waals surface area contributed by atoms with Crippen LogP contribution in [-0.4, -0.2) is 43.0 Å². The standard InChI is InChI=1S/C13H27N3O/c1-10(2)4-6-15-13(17)9-16-7-5-12(14)11(3)8-16/h10-12H,4-9,14H2,1-3H3,(H,15,17). The van der Waals surface area contributed by atoms with Crippen LogP contribution in [0.4, 0.5) is 0 Å². The molecule has 100 valence electrons. The zero-order valence-corrected chi connectivity index (χ0v) is 11.4.